The number of carbonyl (C=O) groups excluding carboxylic acids is 1. The van der Waals surface area contributed by atoms with E-state index in [9.17, 15) is 21.6 Å². The molecule has 0 aliphatic heterocycles. The number of para-hydroxylation sites is 2. The van der Waals surface area contributed by atoms with E-state index in [-0.39, 0.29) is 20.9 Å². The normalized spacial score (nSPS) is 12.2. The lowest BCUT2D eigenvalue weighted by atomic mass is 10.0. The van der Waals surface area contributed by atoms with Gasteiger partial charge in [-0.3, -0.25) is 4.79 Å². The first-order valence-electron chi connectivity index (χ1n) is 12.1. The van der Waals surface area contributed by atoms with Crippen LogP contribution in [0.25, 0.3) is 32.9 Å². The van der Waals surface area contributed by atoms with Gasteiger partial charge in [0.25, 0.3) is 15.1 Å². The molecule has 0 bridgehead atoms. The summed E-state index contributed by atoms with van der Waals surface area (Å²) >= 11 is 0. The highest BCUT2D eigenvalue weighted by Gasteiger charge is 2.38. The van der Waals surface area contributed by atoms with Gasteiger partial charge in [0.1, 0.15) is 5.69 Å². The van der Waals surface area contributed by atoms with Crippen LogP contribution in [-0.2, 0) is 19.9 Å². The monoisotopic (exact) mass is 554 g/mol. The molecule has 0 amide bonds. The Kier molecular flexibility index (Phi) is 5.78. The summed E-state index contributed by atoms with van der Waals surface area (Å²) in [6, 6.07) is 27.8. The Bertz CT molecular complexity index is 2120. The molecule has 0 atom stereocenters. The standard InChI is InChI=1S/C30H22N2O5S2/c1-20-11-5-10-18-27(20)38(34,35)30(33)29-28(24-19-31-25-16-8-6-14-22(24)25)23-15-7-9-17-26(23)32(29)39(36,37)21-12-3-2-4-13-21/h2-19,31H,1H3. The molecule has 0 aliphatic carbocycles. The van der Waals surface area contributed by atoms with Gasteiger partial charge >= 0.3 is 0 Å². The highest BCUT2D eigenvalue weighted by Crippen LogP contribution is 2.41. The molecule has 0 saturated heterocycles. The summed E-state index contributed by atoms with van der Waals surface area (Å²) in [4.78, 5) is 17.2. The fourth-order valence-electron chi connectivity index (χ4n) is 4.98. The first-order chi connectivity index (χ1) is 18.7. The highest BCUT2D eigenvalue weighted by molar-refractivity contribution is 8.06. The number of H-pyrrole nitrogens is 1. The van der Waals surface area contributed by atoms with Crippen molar-refractivity contribution in [3.05, 3.63) is 121 Å². The van der Waals surface area contributed by atoms with E-state index in [2.05, 4.69) is 4.98 Å². The topological polar surface area (TPSA) is 106 Å². The van der Waals surface area contributed by atoms with Gasteiger partial charge in [-0.15, -0.1) is 0 Å². The van der Waals surface area contributed by atoms with Crippen molar-refractivity contribution in [2.24, 2.45) is 0 Å². The quantitative estimate of drug-likeness (QED) is 0.284. The first kappa shape index (κ1) is 24.8. The van der Waals surface area contributed by atoms with Gasteiger partial charge in [0.2, 0.25) is 9.84 Å². The zero-order valence-electron chi connectivity index (χ0n) is 20.7. The van der Waals surface area contributed by atoms with Gasteiger partial charge in [0.15, 0.2) is 0 Å². The fourth-order valence-corrected chi connectivity index (χ4v) is 7.98. The molecule has 6 rings (SSSR count). The summed E-state index contributed by atoms with van der Waals surface area (Å²) in [6.07, 6.45) is 1.67. The third kappa shape index (κ3) is 3.81. The van der Waals surface area contributed by atoms with Gasteiger partial charge in [0.05, 0.1) is 15.3 Å². The van der Waals surface area contributed by atoms with E-state index in [1.54, 1.807) is 67.7 Å². The summed E-state index contributed by atoms with van der Waals surface area (Å²) in [5.74, 6) is 0. The second-order valence-electron chi connectivity index (χ2n) is 9.13. The molecule has 0 aliphatic rings. The van der Waals surface area contributed by atoms with E-state index in [1.165, 1.54) is 24.3 Å². The minimum absolute atomic E-state index is 0.0708. The number of nitrogens with zero attached hydrogens (tertiary/aromatic N) is 1. The minimum Gasteiger partial charge on any atom is -0.361 e. The van der Waals surface area contributed by atoms with Crippen LogP contribution in [0.2, 0.25) is 0 Å². The van der Waals surface area contributed by atoms with Crippen LogP contribution in [0, 0.1) is 6.92 Å². The second-order valence-corrected chi connectivity index (χ2v) is 12.7. The lowest BCUT2D eigenvalue weighted by Gasteiger charge is -2.13. The van der Waals surface area contributed by atoms with Gasteiger partial charge in [-0.05, 0) is 42.8 Å². The Labute approximate surface area is 225 Å². The maximum absolute atomic E-state index is 14.3. The van der Waals surface area contributed by atoms with Crippen LogP contribution in [-0.4, -0.2) is 30.9 Å². The third-order valence-corrected chi connectivity index (χ3v) is 10.2. The summed E-state index contributed by atoms with van der Waals surface area (Å²) in [7, 11) is -9.03. The Balaban J connectivity index is 1.78. The average molecular weight is 555 g/mol. The number of aryl methyl sites for hydroxylation is 1. The van der Waals surface area contributed by atoms with Crippen molar-refractivity contribution in [3.63, 3.8) is 0 Å². The molecule has 2 heterocycles. The predicted octanol–water partition coefficient (Wildman–Crippen LogP) is 5.95. The van der Waals surface area contributed by atoms with Crippen molar-refractivity contribution in [2.75, 3.05) is 0 Å². The van der Waals surface area contributed by atoms with Crippen molar-refractivity contribution in [1.29, 1.82) is 0 Å². The summed E-state index contributed by atoms with van der Waals surface area (Å²) in [5, 5.41) is -0.141. The van der Waals surface area contributed by atoms with Crippen molar-refractivity contribution < 1.29 is 21.6 Å². The van der Waals surface area contributed by atoms with E-state index in [4.69, 9.17) is 0 Å². The zero-order valence-corrected chi connectivity index (χ0v) is 22.3. The van der Waals surface area contributed by atoms with Crippen LogP contribution >= 0.6 is 0 Å². The van der Waals surface area contributed by atoms with Crippen LogP contribution in [0.15, 0.2) is 119 Å². The van der Waals surface area contributed by atoms with Crippen LogP contribution in [0.4, 0.5) is 0 Å². The Hall–Kier alpha value is -4.47. The number of hydrogen-bond acceptors (Lipinski definition) is 5. The zero-order chi connectivity index (χ0) is 27.4. The van der Waals surface area contributed by atoms with Crippen LogP contribution in [0.5, 0.6) is 0 Å². The first-order valence-corrected chi connectivity index (χ1v) is 15.0. The lowest BCUT2D eigenvalue weighted by Crippen LogP contribution is -2.24. The van der Waals surface area contributed by atoms with Crippen molar-refractivity contribution >= 4 is 46.8 Å². The molecule has 194 valence electrons. The number of nitrogens with one attached hydrogen (secondary N) is 1. The molecular formula is C30H22N2O5S2. The molecule has 1 N–H and O–H groups in total. The van der Waals surface area contributed by atoms with Gasteiger partial charge in [-0.2, -0.15) is 0 Å². The fraction of sp³-hybridized carbons (Fsp3) is 0.0333. The largest absolute Gasteiger partial charge is 0.361 e. The molecular weight excluding hydrogens is 532 g/mol. The highest BCUT2D eigenvalue weighted by atomic mass is 32.2. The van der Waals surface area contributed by atoms with E-state index >= 15 is 0 Å². The van der Waals surface area contributed by atoms with Crippen molar-refractivity contribution in [1.82, 2.24) is 8.96 Å². The number of hydrogen-bond donors (Lipinski definition) is 1. The molecule has 39 heavy (non-hydrogen) atoms. The number of aromatic amines is 1. The number of benzene rings is 4. The summed E-state index contributed by atoms with van der Waals surface area (Å²) < 4.78 is 56.9. The van der Waals surface area contributed by atoms with Crippen LogP contribution in [0.3, 0.4) is 0 Å². The third-order valence-electron chi connectivity index (χ3n) is 6.79. The molecule has 0 spiro atoms. The second kappa shape index (κ2) is 9.07. The van der Waals surface area contributed by atoms with Gasteiger partial charge in [-0.1, -0.05) is 72.8 Å². The molecule has 6 aromatic rings. The summed E-state index contributed by atoms with van der Waals surface area (Å²) in [6.45, 7) is 1.59. The molecule has 7 nitrogen and oxygen atoms in total. The molecule has 0 radical (unpaired) electrons. The number of sulfone groups is 1. The maximum Gasteiger partial charge on any atom is 0.299 e. The smallest absolute Gasteiger partial charge is 0.299 e. The lowest BCUT2D eigenvalue weighted by molar-refractivity contribution is 0.107. The molecule has 0 saturated carbocycles. The molecule has 9 heteroatoms. The van der Waals surface area contributed by atoms with E-state index in [0.717, 1.165) is 14.9 Å². The Morgan fingerprint density at radius 2 is 1.33 bits per heavy atom. The van der Waals surface area contributed by atoms with E-state index in [0.29, 0.717) is 16.5 Å². The predicted molar refractivity (Wildman–Crippen MR) is 151 cm³/mol. The number of carbonyl (C=O) groups is 1. The number of fused-ring (bicyclic) bond motifs is 2. The van der Waals surface area contributed by atoms with E-state index in [1.807, 2.05) is 24.3 Å². The van der Waals surface area contributed by atoms with E-state index < -0.39 is 30.7 Å². The molecule has 0 unspecified atom stereocenters. The Morgan fingerprint density at radius 1 is 0.718 bits per heavy atom. The maximum atomic E-state index is 14.3. The SMILES string of the molecule is Cc1ccccc1S(=O)(=O)C(=O)c1c(-c2c[nH]c3ccccc23)c2ccccc2n1S(=O)(=O)c1ccccc1. The summed E-state index contributed by atoms with van der Waals surface area (Å²) in [5.41, 5.74) is 1.65. The minimum atomic E-state index is -4.64. The number of aromatic nitrogens is 2. The van der Waals surface area contributed by atoms with Crippen LogP contribution < -0.4 is 0 Å². The average Bonchev–Trinajstić information content (AvgIpc) is 3.52. The molecule has 4 aromatic carbocycles. The van der Waals surface area contributed by atoms with Gasteiger partial charge in [0, 0.05) is 33.6 Å². The Morgan fingerprint density at radius 3 is 2.08 bits per heavy atom. The molecule has 0 fully saturated rings. The van der Waals surface area contributed by atoms with Gasteiger partial charge < -0.3 is 4.98 Å². The molecule has 2 aromatic heterocycles. The number of rotatable bonds is 5. The van der Waals surface area contributed by atoms with Crippen molar-refractivity contribution in [2.45, 2.75) is 16.7 Å². The van der Waals surface area contributed by atoms with Crippen LogP contribution in [0.1, 0.15) is 16.1 Å². The van der Waals surface area contributed by atoms with Gasteiger partial charge in [-0.25, -0.2) is 20.8 Å². The van der Waals surface area contributed by atoms with Crippen molar-refractivity contribution in [3.8, 4) is 11.1 Å².